The highest BCUT2D eigenvalue weighted by atomic mass is 16.5. The average Bonchev–Trinajstić information content (AvgIpc) is 3.01. The predicted octanol–water partition coefficient (Wildman–Crippen LogP) is 2.61. The van der Waals surface area contributed by atoms with Gasteiger partial charge in [-0.2, -0.15) is 0 Å². The summed E-state index contributed by atoms with van der Waals surface area (Å²) >= 11 is 0. The molecule has 0 N–H and O–H groups in total. The predicted molar refractivity (Wildman–Crippen MR) is 97.6 cm³/mol. The number of piperidine rings is 1. The zero-order chi connectivity index (χ0) is 17.8. The first kappa shape index (κ1) is 16.5. The Hall–Kier alpha value is -0.450. The van der Waals surface area contributed by atoms with Crippen LogP contribution in [0.15, 0.2) is 0 Å². The zero-order valence-electron chi connectivity index (χ0n) is 16.4. The molecule has 4 nitrogen and oxygen atoms in total. The van der Waals surface area contributed by atoms with E-state index < -0.39 is 0 Å². The largest absolute Gasteiger partial charge is 0.381 e. The first-order valence-corrected chi connectivity index (χ1v) is 11.0. The minimum absolute atomic E-state index is 0.161. The molecule has 0 aromatic heterocycles. The number of ketones is 1. The van der Waals surface area contributed by atoms with Gasteiger partial charge in [0.2, 0.25) is 0 Å². The van der Waals surface area contributed by atoms with E-state index in [4.69, 9.17) is 9.47 Å². The van der Waals surface area contributed by atoms with Crippen molar-refractivity contribution >= 4 is 5.78 Å². The lowest BCUT2D eigenvalue weighted by Gasteiger charge is -2.65. The molecule has 7 bridgehead atoms. The standard InChI is InChI=1S/C22H33NO3/c1-4-23-10-11-5-6-18(26-3)22-15(11)7-13(21(22)23)12-9-17(25-2)14-8-16(22)19(12)20(14)24/h11-19,21H,4-10H2,1-3H3/t11-,12-,13+,14+,15+,16-,17-,18-,19-,21+,22-/m0/s1. The van der Waals surface area contributed by atoms with Crippen LogP contribution in [-0.2, 0) is 14.3 Å². The number of fused-ring (bicyclic) bond motifs is 2. The molecule has 144 valence electrons. The van der Waals surface area contributed by atoms with Gasteiger partial charge < -0.3 is 9.47 Å². The number of ether oxygens (including phenoxy) is 2. The molecule has 0 unspecified atom stereocenters. The van der Waals surface area contributed by atoms with Crippen molar-refractivity contribution in [1.29, 1.82) is 0 Å². The molecule has 11 atom stereocenters. The van der Waals surface area contributed by atoms with Gasteiger partial charge in [-0.3, -0.25) is 9.69 Å². The summed E-state index contributed by atoms with van der Waals surface area (Å²) in [6.07, 6.45) is 6.59. The Morgan fingerprint density at radius 2 is 1.92 bits per heavy atom. The third kappa shape index (κ3) is 1.60. The lowest BCUT2D eigenvalue weighted by Crippen LogP contribution is -2.70. The van der Waals surface area contributed by atoms with Gasteiger partial charge in [-0.15, -0.1) is 0 Å². The lowest BCUT2D eigenvalue weighted by molar-refractivity contribution is -0.208. The number of carbonyl (C=O) groups excluding carboxylic acids is 1. The van der Waals surface area contributed by atoms with E-state index >= 15 is 0 Å². The summed E-state index contributed by atoms with van der Waals surface area (Å²) in [6.45, 7) is 4.78. The van der Waals surface area contributed by atoms with Gasteiger partial charge in [0.15, 0.2) is 0 Å². The van der Waals surface area contributed by atoms with Crippen LogP contribution in [-0.4, -0.2) is 56.2 Å². The molecule has 5 saturated carbocycles. The van der Waals surface area contributed by atoms with E-state index in [-0.39, 0.29) is 17.4 Å². The number of methoxy groups -OCH3 is 2. The highest BCUT2D eigenvalue weighted by Crippen LogP contribution is 2.75. The van der Waals surface area contributed by atoms with Crippen molar-refractivity contribution in [2.45, 2.75) is 57.3 Å². The molecule has 0 amide bonds. The normalized spacial score (nSPS) is 59.7. The first-order valence-electron chi connectivity index (χ1n) is 11.0. The van der Waals surface area contributed by atoms with Crippen LogP contribution in [0, 0.1) is 46.8 Å². The Balaban J connectivity index is 1.55. The van der Waals surface area contributed by atoms with Crippen molar-refractivity contribution in [2.24, 2.45) is 46.8 Å². The molecule has 1 heterocycles. The topological polar surface area (TPSA) is 38.8 Å². The second-order valence-corrected chi connectivity index (χ2v) is 10.2. The molecule has 5 aliphatic carbocycles. The molecule has 1 saturated heterocycles. The zero-order valence-corrected chi connectivity index (χ0v) is 16.4. The van der Waals surface area contributed by atoms with Gasteiger partial charge in [-0.1, -0.05) is 6.92 Å². The summed E-state index contributed by atoms with van der Waals surface area (Å²) in [5.74, 6) is 4.43. The third-order valence-corrected chi connectivity index (χ3v) is 10.1. The molecule has 1 spiro atoms. The fraction of sp³-hybridized carbons (Fsp3) is 0.955. The third-order valence-electron chi connectivity index (χ3n) is 10.1. The Kier molecular flexibility index (Phi) is 3.38. The van der Waals surface area contributed by atoms with E-state index in [9.17, 15) is 4.79 Å². The van der Waals surface area contributed by atoms with Gasteiger partial charge >= 0.3 is 0 Å². The molecule has 4 heteroatoms. The summed E-state index contributed by atoms with van der Waals surface area (Å²) in [5, 5.41) is 0. The van der Waals surface area contributed by atoms with E-state index in [2.05, 4.69) is 11.8 Å². The summed E-state index contributed by atoms with van der Waals surface area (Å²) in [4.78, 5) is 16.2. The van der Waals surface area contributed by atoms with Crippen LogP contribution < -0.4 is 0 Å². The maximum absolute atomic E-state index is 13.4. The van der Waals surface area contributed by atoms with Gasteiger partial charge in [-0.05, 0) is 68.2 Å². The SMILES string of the molecule is CCN1C[C@@H]2CC[C@H](OC)[C@]34[C@@H]2C[C@H]([C@@H]2C[C@H](OC)[C@H]5C[C@H]3[C@H]2C5=O)[C@@H]14. The van der Waals surface area contributed by atoms with E-state index in [0.29, 0.717) is 41.6 Å². The van der Waals surface area contributed by atoms with Crippen molar-refractivity contribution in [3.8, 4) is 0 Å². The highest BCUT2D eigenvalue weighted by molar-refractivity contribution is 5.88. The van der Waals surface area contributed by atoms with Crippen molar-refractivity contribution in [3.63, 3.8) is 0 Å². The number of carbonyl (C=O) groups is 1. The van der Waals surface area contributed by atoms with Gasteiger partial charge in [0, 0.05) is 44.1 Å². The summed E-state index contributed by atoms with van der Waals surface area (Å²) in [5.41, 5.74) is 0.241. The number of likely N-dealkylation sites (tertiary alicyclic amines) is 1. The lowest BCUT2D eigenvalue weighted by atomic mass is 9.47. The van der Waals surface area contributed by atoms with E-state index in [1.807, 2.05) is 14.2 Å². The maximum atomic E-state index is 13.4. The van der Waals surface area contributed by atoms with Crippen molar-refractivity contribution in [2.75, 3.05) is 27.3 Å². The second-order valence-electron chi connectivity index (χ2n) is 10.2. The van der Waals surface area contributed by atoms with Gasteiger partial charge in [0.05, 0.1) is 12.2 Å². The summed E-state index contributed by atoms with van der Waals surface area (Å²) in [7, 11) is 3.76. The summed E-state index contributed by atoms with van der Waals surface area (Å²) < 4.78 is 12.1. The molecule has 0 aromatic rings. The molecular weight excluding hydrogens is 326 g/mol. The molecule has 0 radical (unpaired) electrons. The minimum Gasteiger partial charge on any atom is -0.381 e. The highest BCUT2D eigenvalue weighted by Gasteiger charge is 2.78. The van der Waals surface area contributed by atoms with E-state index in [0.717, 1.165) is 31.2 Å². The molecule has 6 aliphatic rings. The Bertz CT molecular complexity index is 637. The number of hydrogen-bond acceptors (Lipinski definition) is 4. The molecule has 1 aliphatic heterocycles. The van der Waals surface area contributed by atoms with Crippen LogP contribution in [0.3, 0.4) is 0 Å². The van der Waals surface area contributed by atoms with Crippen LogP contribution in [0.2, 0.25) is 0 Å². The van der Waals surface area contributed by atoms with Crippen LogP contribution >= 0.6 is 0 Å². The number of rotatable bonds is 3. The van der Waals surface area contributed by atoms with Crippen molar-refractivity contribution in [3.05, 3.63) is 0 Å². The van der Waals surface area contributed by atoms with Crippen LogP contribution in [0.1, 0.15) is 39.0 Å². The van der Waals surface area contributed by atoms with Crippen molar-refractivity contribution < 1.29 is 14.3 Å². The van der Waals surface area contributed by atoms with Crippen LogP contribution in [0.5, 0.6) is 0 Å². The Morgan fingerprint density at radius 1 is 1.08 bits per heavy atom. The fourth-order valence-corrected chi connectivity index (χ4v) is 9.70. The van der Waals surface area contributed by atoms with Crippen LogP contribution in [0.25, 0.3) is 0 Å². The van der Waals surface area contributed by atoms with Gasteiger partial charge in [0.25, 0.3) is 0 Å². The second kappa shape index (κ2) is 5.33. The number of nitrogens with zero attached hydrogens (tertiary/aromatic N) is 1. The Labute approximate surface area is 157 Å². The maximum Gasteiger partial charge on any atom is 0.142 e. The number of hydrogen-bond donors (Lipinski definition) is 0. The average molecular weight is 360 g/mol. The van der Waals surface area contributed by atoms with Gasteiger partial charge in [0.1, 0.15) is 5.78 Å². The first-order chi connectivity index (χ1) is 12.7. The van der Waals surface area contributed by atoms with E-state index in [1.54, 1.807) is 0 Å². The minimum atomic E-state index is 0.161. The quantitative estimate of drug-likeness (QED) is 0.776. The molecule has 6 rings (SSSR count). The van der Waals surface area contributed by atoms with Gasteiger partial charge in [-0.25, -0.2) is 0 Å². The molecule has 0 aromatic carbocycles. The molecule has 26 heavy (non-hydrogen) atoms. The Morgan fingerprint density at radius 3 is 2.65 bits per heavy atom. The van der Waals surface area contributed by atoms with Crippen LogP contribution in [0.4, 0.5) is 0 Å². The molecule has 6 fully saturated rings. The number of Topliss-reactive ketones (excluding diaryl/α,β-unsaturated/α-hetero) is 1. The smallest absolute Gasteiger partial charge is 0.142 e. The van der Waals surface area contributed by atoms with Crippen molar-refractivity contribution in [1.82, 2.24) is 4.90 Å². The molecular formula is C22H33NO3. The summed E-state index contributed by atoms with van der Waals surface area (Å²) in [6, 6.07) is 0.646. The fourth-order valence-electron chi connectivity index (χ4n) is 9.70. The monoisotopic (exact) mass is 359 g/mol. The van der Waals surface area contributed by atoms with E-state index in [1.165, 1.54) is 25.8 Å².